The van der Waals surface area contributed by atoms with E-state index in [9.17, 15) is 9.59 Å². The molecule has 3 atom stereocenters. The van der Waals surface area contributed by atoms with Crippen LogP contribution in [0.25, 0.3) is 0 Å². The Bertz CT molecular complexity index is 386. The molecule has 1 aliphatic carbocycles. The van der Waals surface area contributed by atoms with Gasteiger partial charge in [0.1, 0.15) is 6.04 Å². The molecule has 120 valence electrons. The van der Waals surface area contributed by atoms with Crippen LogP contribution in [-0.2, 0) is 9.59 Å². The summed E-state index contributed by atoms with van der Waals surface area (Å²) in [6.45, 7) is 6.96. The van der Waals surface area contributed by atoms with Crippen molar-refractivity contribution in [1.29, 1.82) is 0 Å². The first-order chi connectivity index (χ1) is 10.0. The van der Waals surface area contributed by atoms with Gasteiger partial charge in [0.05, 0.1) is 0 Å². The minimum absolute atomic E-state index is 0.0499. The smallest absolute Gasteiger partial charge is 0.243 e. The third-order valence-electron chi connectivity index (χ3n) is 4.51. The monoisotopic (exact) mass is 312 g/mol. The second kappa shape index (κ2) is 7.52. The third kappa shape index (κ3) is 3.93. The Morgan fingerprint density at radius 1 is 1.38 bits per heavy atom. The highest BCUT2D eigenvalue weighted by atomic mass is 32.2. The number of hydrogen-bond acceptors (Lipinski definition) is 3. The van der Waals surface area contributed by atoms with Crippen LogP contribution in [0.1, 0.15) is 52.9 Å². The number of carbonyl (C=O) groups is 2. The van der Waals surface area contributed by atoms with Gasteiger partial charge in [0.25, 0.3) is 0 Å². The lowest BCUT2D eigenvalue weighted by atomic mass is 10.0. The van der Waals surface area contributed by atoms with E-state index in [0.29, 0.717) is 11.7 Å². The molecule has 0 spiro atoms. The average molecular weight is 312 g/mol. The number of nitrogens with zero attached hydrogens (tertiary/aromatic N) is 1. The SMILES string of the molecule is CCS[C@@H]1CCC[C@@H]1NC(=O)[C@H](C(C)C)N1CCCC1=O. The summed E-state index contributed by atoms with van der Waals surface area (Å²) in [6, 6.07) is -0.0192. The molecule has 0 aromatic rings. The molecule has 4 nitrogen and oxygen atoms in total. The predicted octanol–water partition coefficient (Wildman–Crippen LogP) is 2.42. The Kier molecular flexibility index (Phi) is 5.97. The van der Waals surface area contributed by atoms with Crippen molar-refractivity contribution in [2.45, 2.75) is 70.2 Å². The number of nitrogens with one attached hydrogen (secondary N) is 1. The average Bonchev–Trinajstić information content (AvgIpc) is 3.01. The van der Waals surface area contributed by atoms with E-state index in [0.717, 1.165) is 25.1 Å². The highest BCUT2D eigenvalue weighted by Crippen LogP contribution is 2.30. The van der Waals surface area contributed by atoms with Gasteiger partial charge in [-0.05, 0) is 30.9 Å². The van der Waals surface area contributed by atoms with Crippen LogP contribution in [0.4, 0.5) is 0 Å². The first-order valence-electron chi connectivity index (χ1n) is 8.26. The molecule has 0 aromatic carbocycles. The standard InChI is InChI=1S/C16H28N2O2S/c1-4-21-13-8-5-7-12(13)17-16(20)15(11(2)3)18-10-6-9-14(18)19/h11-13,15H,4-10H2,1-3H3,(H,17,20)/t12-,13+,15-/m0/s1. The van der Waals surface area contributed by atoms with E-state index in [2.05, 4.69) is 12.2 Å². The number of carbonyl (C=O) groups excluding carboxylic acids is 2. The zero-order chi connectivity index (χ0) is 15.4. The largest absolute Gasteiger partial charge is 0.350 e. The van der Waals surface area contributed by atoms with Gasteiger partial charge in [-0.1, -0.05) is 27.2 Å². The Morgan fingerprint density at radius 2 is 2.14 bits per heavy atom. The fraction of sp³-hybridized carbons (Fsp3) is 0.875. The van der Waals surface area contributed by atoms with E-state index in [-0.39, 0.29) is 29.8 Å². The van der Waals surface area contributed by atoms with Crippen molar-refractivity contribution < 1.29 is 9.59 Å². The molecule has 0 bridgehead atoms. The maximum Gasteiger partial charge on any atom is 0.243 e. The third-order valence-corrected chi connectivity index (χ3v) is 5.83. The number of likely N-dealkylation sites (tertiary alicyclic amines) is 1. The van der Waals surface area contributed by atoms with Gasteiger partial charge in [-0.15, -0.1) is 0 Å². The molecule has 2 fully saturated rings. The lowest BCUT2D eigenvalue weighted by Gasteiger charge is -2.32. The number of thioether (sulfide) groups is 1. The topological polar surface area (TPSA) is 49.4 Å². The fourth-order valence-corrected chi connectivity index (χ4v) is 4.74. The van der Waals surface area contributed by atoms with Crippen LogP contribution in [0.15, 0.2) is 0 Å². The summed E-state index contributed by atoms with van der Waals surface area (Å²) in [5.74, 6) is 1.43. The van der Waals surface area contributed by atoms with Gasteiger partial charge in [0.2, 0.25) is 11.8 Å². The lowest BCUT2D eigenvalue weighted by molar-refractivity contribution is -0.139. The molecule has 1 aliphatic heterocycles. The van der Waals surface area contributed by atoms with Crippen LogP contribution in [0, 0.1) is 5.92 Å². The Morgan fingerprint density at radius 3 is 2.71 bits per heavy atom. The van der Waals surface area contributed by atoms with Crippen molar-refractivity contribution in [1.82, 2.24) is 10.2 Å². The minimum Gasteiger partial charge on any atom is -0.350 e. The molecule has 2 amide bonds. The van der Waals surface area contributed by atoms with Gasteiger partial charge in [0, 0.05) is 24.3 Å². The maximum absolute atomic E-state index is 12.7. The summed E-state index contributed by atoms with van der Waals surface area (Å²) in [5.41, 5.74) is 0. The molecule has 0 aromatic heterocycles. The van der Waals surface area contributed by atoms with E-state index in [1.807, 2.05) is 25.6 Å². The van der Waals surface area contributed by atoms with Crippen LogP contribution in [0.5, 0.6) is 0 Å². The van der Waals surface area contributed by atoms with Crippen LogP contribution < -0.4 is 5.32 Å². The van der Waals surface area contributed by atoms with Crippen molar-refractivity contribution >= 4 is 23.6 Å². The quantitative estimate of drug-likeness (QED) is 0.819. The first-order valence-corrected chi connectivity index (χ1v) is 9.31. The molecule has 2 aliphatic rings. The summed E-state index contributed by atoms with van der Waals surface area (Å²) in [5, 5.41) is 3.78. The molecule has 1 saturated heterocycles. The molecular formula is C16H28N2O2S. The van der Waals surface area contributed by atoms with Gasteiger partial charge < -0.3 is 10.2 Å². The molecule has 1 heterocycles. The Labute approximate surface area is 132 Å². The number of amides is 2. The predicted molar refractivity (Wildman–Crippen MR) is 87.3 cm³/mol. The molecule has 0 radical (unpaired) electrons. The van der Waals surface area contributed by atoms with Crippen LogP contribution in [0.3, 0.4) is 0 Å². The number of rotatable bonds is 6. The van der Waals surface area contributed by atoms with Gasteiger partial charge in [-0.25, -0.2) is 0 Å². The first kappa shape index (κ1) is 16.7. The van der Waals surface area contributed by atoms with Gasteiger partial charge in [0.15, 0.2) is 0 Å². The zero-order valence-electron chi connectivity index (χ0n) is 13.4. The summed E-state index contributed by atoms with van der Waals surface area (Å²) >= 11 is 1.95. The van der Waals surface area contributed by atoms with Crippen molar-refractivity contribution in [3.63, 3.8) is 0 Å². The van der Waals surface area contributed by atoms with E-state index in [1.165, 1.54) is 12.8 Å². The second-order valence-electron chi connectivity index (χ2n) is 6.42. The van der Waals surface area contributed by atoms with Crippen molar-refractivity contribution in [3.05, 3.63) is 0 Å². The molecule has 21 heavy (non-hydrogen) atoms. The van der Waals surface area contributed by atoms with Crippen molar-refractivity contribution in [2.24, 2.45) is 5.92 Å². The Balaban J connectivity index is 2.00. The normalized spacial score (nSPS) is 27.4. The molecule has 5 heteroatoms. The molecular weight excluding hydrogens is 284 g/mol. The summed E-state index contributed by atoms with van der Waals surface area (Å²) in [7, 11) is 0. The van der Waals surface area contributed by atoms with E-state index in [4.69, 9.17) is 0 Å². The number of hydrogen-bond donors (Lipinski definition) is 1. The molecule has 2 rings (SSSR count). The summed E-state index contributed by atoms with van der Waals surface area (Å²) < 4.78 is 0. The fourth-order valence-electron chi connectivity index (χ4n) is 3.54. The van der Waals surface area contributed by atoms with Crippen molar-refractivity contribution in [3.8, 4) is 0 Å². The van der Waals surface area contributed by atoms with Crippen LogP contribution >= 0.6 is 11.8 Å². The lowest BCUT2D eigenvalue weighted by Crippen LogP contribution is -2.53. The van der Waals surface area contributed by atoms with Crippen LogP contribution in [0.2, 0.25) is 0 Å². The van der Waals surface area contributed by atoms with Gasteiger partial charge in [-0.2, -0.15) is 11.8 Å². The van der Waals surface area contributed by atoms with Crippen LogP contribution in [-0.4, -0.2) is 46.3 Å². The van der Waals surface area contributed by atoms with E-state index < -0.39 is 0 Å². The highest BCUT2D eigenvalue weighted by Gasteiger charge is 2.37. The molecule has 1 saturated carbocycles. The van der Waals surface area contributed by atoms with Crippen molar-refractivity contribution in [2.75, 3.05) is 12.3 Å². The van der Waals surface area contributed by atoms with E-state index >= 15 is 0 Å². The maximum atomic E-state index is 12.7. The summed E-state index contributed by atoms with van der Waals surface area (Å²) in [6.07, 6.45) is 4.93. The summed E-state index contributed by atoms with van der Waals surface area (Å²) in [4.78, 5) is 26.5. The van der Waals surface area contributed by atoms with Gasteiger partial charge >= 0.3 is 0 Å². The second-order valence-corrected chi connectivity index (χ2v) is 7.94. The minimum atomic E-state index is -0.298. The zero-order valence-corrected chi connectivity index (χ0v) is 14.2. The molecule has 0 unspecified atom stereocenters. The van der Waals surface area contributed by atoms with Gasteiger partial charge in [-0.3, -0.25) is 9.59 Å². The van der Waals surface area contributed by atoms with E-state index in [1.54, 1.807) is 4.90 Å². The molecule has 1 N–H and O–H groups in total. The Hall–Kier alpha value is -0.710. The highest BCUT2D eigenvalue weighted by molar-refractivity contribution is 7.99.